The predicted octanol–water partition coefficient (Wildman–Crippen LogP) is 6.10. The Morgan fingerprint density at radius 2 is 1.36 bits per heavy atom. The molecular formula is C16H14F6. The third kappa shape index (κ3) is 3.05. The van der Waals surface area contributed by atoms with Gasteiger partial charge in [0.05, 0.1) is 11.1 Å². The normalized spacial score (nSPS) is 23.0. The molecule has 1 atom stereocenters. The predicted molar refractivity (Wildman–Crippen MR) is 71.3 cm³/mol. The molecule has 1 unspecified atom stereocenters. The zero-order valence-corrected chi connectivity index (χ0v) is 11.9. The van der Waals surface area contributed by atoms with Crippen molar-refractivity contribution in [1.82, 2.24) is 0 Å². The van der Waals surface area contributed by atoms with Crippen LogP contribution in [0.3, 0.4) is 0 Å². The highest BCUT2D eigenvalue weighted by molar-refractivity contribution is 5.52. The molecule has 6 heteroatoms. The summed E-state index contributed by atoms with van der Waals surface area (Å²) in [5, 5.41) is 0. The van der Waals surface area contributed by atoms with Crippen LogP contribution in [-0.2, 0) is 12.4 Å². The Balaban J connectivity index is 2.53. The third-order valence-corrected chi connectivity index (χ3v) is 3.84. The summed E-state index contributed by atoms with van der Waals surface area (Å²) in [7, 11) is 0. The molecule has 0 radical (unpaired) electrons. The maximum atomic E-state index is 12.8. The van der Waals surface area contributed by atoms with Crippen LogP contribution in [0.1, 0.15) is 42.9 Å². The van der Waals surface area contributed by atoms with E-state index in [4.69, 9.17) is 0 Å². The van der Waals surface area contributed by atoms with Crippen molar-refractivity contribution in [2.24, 2.45) is 0 Å². The van der Waals surface area contributed by atoms with E-state index in [1.54, 1.807) is 19.9 Å². The largest absolute Gasteiger partial charge is 0.416 e. The molecule has 0 N–H and O–H groups in total. The van der Waals surface area contributed by atoms with Gasteiger partial charge in [-0.25, -0.2) is 0 Å². The van der Waals surface area contributed by atoms with E-state index in [1.807, 2.05) is 6.08 Å². The summed E-state index contributed by atoms with van der Waals surface area (Å²) in [4.78, 5) is 0. The first-order valence-corrected chi connectivity index (χ1v) is 6.69. The van der Waals surface area contributed by atoms with E-state index >= 15 is 0 Å². The van der Waals surface area contributed by atoms with Gasteiger partial charge in [-0.2, -0.15) is 26.3 Å². The minimum absolute atomic E-state index is 0.0563. The third-order valence-electron chi connectivity index (χ3n) is 3.84. The van der Waals surface area contributed by atoms with Crippen LogP contribution in [-0.4, -0.2) is 0 Å². The lowest BCUT2D eigenvalue weighted by Gasteiger charge is -2.34. The first-order valence-electron chi connectivity index (χ1n) is 6.69. The first-order chi connectivity index (χ1) is 10.1. The van der Waals surface area contributed by atoms with Gasteiger partial charge in [0, 0.05) is 5.92 Å². The Morgan fingerprint density at radius 3 is 1.73 bits per heavy atom. The zero-order chi connectivity index (χ0) is 16.7. The minimum Gasteiger partial charge on any atom is -0.166 e. The van der Waals surface area contributed by atoms with Gasteiger partial charge in [0.2, 0.25) is 0 Å². The highest BCUT2D eigenvalue weighted by Crippen LogP contribution is 2.48. The molecule has 0 bridgehead atoms. The second kappa shape index (κ2) is 5.48. The molecular weight excluding hydrogens is 306 g/mol. The highest BCUT2D eigenvalue weighted by Gasteiger charge is 2.39. The summed E-state index contributed by atoms with van der Waals surface area (Å²) in [6.45, 7) is 3.52. The molecule has 1 aromatic carbocycles. The number of alkyl halides is 6. The van der Waals surface area contributed by atoms with Crippen LogP contribution in [0.2, 0.25) is 0 Å². The van der Waals surface area contributed by atoms with Crippen LogP contribution >= 0.6 is 0 Å². The average Bonchev–Trinajstić information content (AvgIpc) is 2.36. The van der Waals surface area contributed by atoms with E-state index in [0.29, 0.717) is 6.42 Å². The maximum Gasteiger partial charge on any atom is 0.416 e. The number of halogens is 6. The fourth-order valence-electron chi connectivity index (χ4n) is 2.69. The van der Waals surface area contributed by atoms with Gasteiger partial charge in [0.15, 0.2) is 0 Å². The highest BCUT2D eigenvalue weighted by atomic mass is 19.4. The van der Waals surface area contributed by atoms with Crippen molar-refractivity contribution in [3.05, 3.63) is 58.2 Å². The molecule has 0 heterocycles. The molecule has 22 heavy (non-hydrogen) atoms. The smallest absolute Gasteiger partial charge is 0.166 e. The Labute approximate surface area is 124 Å². The van der Waals surface area contributed by atoms with Gasteiger partial charge in [-0.15, -0.1) is 0 Å². The standard InChI is InChI=1S/C16H14F6/c1-3-9-7-14(13(9)4-2)10-5-11(15(17,18)19)8-12(6-10)16(20,21)22/h3-6,8,14H,7H2,1-2H3/b9-3-,13-4+. The molecule has 0 aromatic heterocycles. The molecule has 2 rings (SSSR count). The van der Waals surface area contributed by atoms with E-state index in [2.05, 4.69) is 0 Å². The van der Waals surface area contributed by atoms with Crippen LogP contribution in [0.5, 0.6) is 0 Å². The molecule has 1 fully saturated rings. The minimum atomic E-state index is -4.81. The summed E-state index contributed by atoms with van der Waals surface area (Å²) >= 11 is 0. The van der Waals surface area contributed by atoms with Gasteiger partial charge in [-0.3, -0.25) is 0 Å². The van der Waals surface area contributed by atoms with Crippen LogP contribution in [0.15, 0.2) is 41.5 Å². The van der Waals surface area contributed by atoms with Crippen molar-refractivity contribution in [2.45, 2.75) is 38.5 Å². The van der Waals surface area contributed by atoms with E-state index < -0.39 is 29.4 Å². The van der Waals surface area contributed by atoms with Gasteiger partial charge in [-0.1, -0.05) is 12.2 Å². The zero-order valence-electron chi connectivity index (χ0n) is 11.9. The van der Waals surface area contributed by atoms with Crippen molar-refractivity contribution in [3.63, 3.8) is 0 Å². The van der Waals surface area contributed by atoms with Crippen molar-refractivity contribution >= 4 is 0 Å². The summed E-state index contributed by atoms with van der Waals surface area (Å²) in [5.41, 5.74) is -0.724. The Bertz CT molecular complexity index is 599. The number of hydrogen-bond donors (Lipinski definition) is 0. The lowest BCUT2D eigenvalue weighted by Crippen LogP contribution is -2.19. The Hall–Kier alpha value is -1.72. The molecule has 0 aliphatic heterocycles. The summed E-state index contributed by atoms with van der Waals surface area (Å²) in [5.74, 6) is -0.417. The van der Waals surface area contributed by atoms with Crippen molar-refractivity contribution < 1.29 is 26.3 Å². The maximum absolute atomic E-state index is 12.8. The summed E-state index contributed by atoms with van der Waals surface area (Å²) < 4.78 is 77.1. The molecule has 1 aromatic rings. The van der Waals surface area contributed by atoms with Gasteiger partial charge in [-0.05, 0) is 55.2 Å². The second-order valence-electron chi connectivity index (χ2n) is 5.15. The molecule has 0 saturated heterocycles. The van der Waals surface area contributed by atoms with E-state index in [9.17, 15) is 26.3 Å². The van der Waals surface area contributed by atoms with E-state index in [-0.39, 0.29) is 11.6 Å². The van der Waals surface area contributed by atoms with E-state index in [0.717, 1.165) is 23.3 Å². The lowest BCUT2D eigenvalue weighted by molar-refractivity contribution is -0.143. The van der Waals surface area contributed by atoms with Gasteiger partial charge >= 0.3 is 12.4 Å². The van der Waals surface area contributed by atoms with Crippen LogP contribution in [0.25, 0.3) is 0 Å². The van der Waals surface area contributed by atoms with Crippen molar-refractivity contribution in [1.29, 1.82) is 0 Å². The molecule has 1 aliphatic rings. The summed E-state index contributed by atoms with van der Waals surface area (Å²) in [6, 6.07) is 1.79. The Kier molecular flexibility index (Phi) is 4.15. The molecule has 0 amide bonds. The molecule has 0 spiro atoms. The Morgan fingerprint density at radius 1 is 0.864 bits per heavy atom. The van der Waals surface area contributed by atoms with Crippen molar-refractivity contribution in [2.75, 3.05) is 0 Å². The van der Waals surface area contributed by atoms with Gasteiger partial charge in [0.25, 0.3) is 0 Å². The van der Waals surface area contributed by atoms with Crippen LogP contribution in [0.4, 0.5) is 26.3 Å². The number of benzene rings is 1. The van der Waals surface area contributed by atoms with Crippen molar-refractivity contribution in [3.8, 4) is 0 Å². The molecule has 1 aliphatic carbocycles. The fraction of sp³-hybridized carbons (Fsp3) is 0.375. The SMILES string of the molecule is C/C=C1/CC(c2cc(C(F)(F)F)cc(C(F)(F)F)c2)/C1=C/C. The summed E-state index contributed by atoms with van der Waals surface area (Å²) in [6.07, 6.45) is -5.60. The van der Waals surface area contributed by atoms with E-state index in [1.165, 1.54) is 0 Å². The molecule has 1 saturated carbocycles. The second-order valence-corrected chi connectivity index (χ2v) is 5.15. The van der Waals surface area contributed by atoms with Gasteiger partial charge in [0.1, 0.15) is 0 Å². The van der Waals surface area contributed by atoms with Gasteiger partial charge < -0.3 is 0 Å². The monoisotopic (exact) mass is 320 g/mol. The van der Waals surface area contributed by atoms with Crippen LogP contribution < -0.4 is 0 Å². The number of hydrogen-bond acceptors (Lipinski definition) is 0. The first kappa shape index (κ1) is 16.6. The lowest BCUT2D eigenvalue weighted by atomic mass is 9.70. The number of rotatable bonds is 1. The average molecular weight is 320 g/mol. The molecule has 0 nitrogen and oxygen atoms in total. The topological polar surface area (TPSA) is 0 Å². The van der Waals surface area contributed by atoms with Crippen LogP contribution in [0, 0.1) is 0 Å². The molecule has 120 valence electrons. The number of allylic oxidation sites excluding steroid dienone is 4. The fourth-order valence-corrected chi connectivity index (χ4v) is 2.69. The quantitative estimate of drug-likeness (QED) is 0.548.